The third-order valence-electron chi connectivity index (χ3n) is 5.29. The van der Waals surface area contributed by atoms with Crippen LogP contribution in [0.4, 0.5) is 0 Å². The number of hydrogen-bond acceptors (Lipinski definition) is 4. The van der Waals surface area contributed by atoms with Crippen LogP contribution in [0.1, 0.15) is 48.8 Å². The van der Waals surface area contributed by atoms with Gasteiger partial charge in [0.1, 0.15) is 5.75 Å². The summed E-state index contributed by atoms with van der Waals surface area (Å²) in [7, 11) is 0. The Balaban J connectivity index is 1.61. The number of carbonyl (C=O) groups is 3. The van der Waals surface area contributed by atoms with Gasteiger partial charge in [-0.3, -0.25) is 19.3 Å². The summed E-state index contributed by atoms with van der Waals surface area (Å²) in [5.41, 5.74) is 2.93. The first-order valence-electron chi connectivity index (χ1n) is 9.02. The molecule has 1 aliphatic heterocycles. The van der Waals surface area contributed by atoms with Crippen molar-refractivity contribution in [2.45, 2.75) is 52.9 Å². The van der Waals surface area contributed by atoms with Crippen LogP contribution < -0.4 is 4.74 Å². The van der Waals surface area contributed by atoms with Crippen LogP contribution in [0.25, 0.3) is 0 Å². The van der Waals surface area contributed by atoms with Crippen molar-refractivity contribution < 1.29 is 19.1 Å². The molecule has 0 spiro atoms. The molecule has 2 amide bonds. The number of benzene rings is 1. The summed E-state index contributed by atoms with van der Waals surface area (Å²) in [6.07, 6.45) is 3.61. The maximum Gasteiger partial charge on any atom is 0.313 e. The number of likely N-dealkylation sites (tertiary alicyclic amines) is 1. The molecule has 5 heteroatoms. The van der Waals surface area contributed by atoms with Gasteiger partial charge in [-0.15, -0.1) is 0 Å². The highest BCUT2D eigenvalue weighted by Crippen LogP contribution is 2.38. The molecule has 0 N–H and O–H groups in total. The van der Waals surface area contributed by atoms with Crippen molar-refractivity contribution in [2.75, 3.05) is 6.54 Å². The minimum atomic E-state index is -0.412. The van der Waals surface area contributed by atoms with Gasteiger partial charge in [0.2, 0.25) is 11.8 Å². The first-order chi connectivity index (χ1) is 11.9. The molecule has 1 heterocycles. The summed E-state index contributed by atoms with van der Waals surface area (Å²) in [5, 5.41) is 0. The topological polar surface area (TPSA) is 63.7 Å². The number of aryl methyl sites for hydroxylation is 3. The van der Waals surface area contributed by atoms with Crippen LogP contribution in [-0.4, -0.2) is 29.2 Å². The van der Waals surface area contributed by atoms with E-state index in [1.807, 2.05) is 32.9 Å². The lowest BCUT2D eigenvalue weighted by Crippen LogP contribution is -2.33. The molecule has 0 aromatic heterocycles. The fraction of sp³-hybridized carbons (Fsp3) is 0.550. The number of amides is 2. The van der Waals surface area contributed by atoms with Gasteiger partial charge in [-0.05, 0) is 44.7 Å². The molecule has 1 aliphatic carbocycles. The number of rotatable bonds is 4. The Morgan fingerprint density at radius 1 is 1.04 bits per heavy atom. The number of imide groups is 1. The molecule has 0 radical (unpaired) electrons. The lowest BCUT2D eigenvalue weighted by Gasteiger charge is -2.19. The minimum absolute atomic E-state index is 0.0314. The third kappa shape index (κ3) is 3.46. The van der Waals surface area contributed by atoms with Crippen molar-refractivity contribution in [2.24, 2.45) is 11.8 Å². The van der Waals surface area contributed by atoms with E-state index in [9.17, 15) is 14.4 Å². The van der Waals surface area contributed by atoms with Crippen LogP contribution in [-0.2, 0) is 14.4 Å². The van der Waals surface area contributed by atoms with Crippen molar-refractivity contribution in [1.82, 2.24) is 4.90 Å². The zero-order chi connectivity index (χ0) is 18.1. The van der Waals surface area contributed by atoms with E-state index < -0.39 is 5.97 Å². The summed E-state index contributed by atoms with van der Waals surface area (Å²) in [6.45, 7) is 5.92. The van der Waals surface area contributed by atoms with Crippen LogP contribution in [0, 0.1) is 32.6 Å². The molecule has 1 saturated carbocycles. The van der Waals surface area contributed by atoms with Crippen molar-refractivity contribution in [1.29, 1.82) is 0 Å². The van der Waals surface area contributed by atoms with Gasteiger partial charge in [-0.1, -0.05) is 30.5 Å². The second kappa shape index (κ2) is 6.98. The lowest BCUT2D eigenvalue weighted by atomic mass is 9.81. The van der Waals surface area contributed by atoms with Gasteiger partial charge in [0.15, 0.2) is 0 Å². The zero-order valence-electron chi connectivity index (χ0n) is 15.1. The molecule has 2 fully saturated rings. The Hall–Kier alpha value is -2.17. The summed E-state index contributed by atoms with van der Waals surface area (Å²) in [5.74, 6) is -0.387. The van der Waals surface area contributed by atoms with Crippen LogP contribution in [0.5, 0.6) is 5.75 Å². The fourth-order valence-corrected chi connectivity index (χ4v) is 4.15. The van der Waals surface area contributed by atoms with Gasteiger partial charge < -0.3 is 4.74 Å². The number of ether oxygens (including phenoxy) is 1. The maximum absolute atomic E-state index is 12.4. The number of fused-ring (bicyclic) bond motifs is 1. The van der Waals surface area contributed by atoms with Crippen LogP contribution in [0.2, 0.25) is 0 Å². The van der Waals surface area contributed by atoms with Crippen molar-refractivity contribution in [3.8, 4) is 5.75 Å². The maximum atomic E-state index is 12.4. The molecule has 1 aromatic carbocycles. The summed E-state index contributed by atoms with van der Waals surface area (Å²) in [6, 6.07) is 3.93. The van der Waals surface area contributed by atoms with E-state index in [1.54, 1.807) is 0 Å². The highest BCUT2D eigenvalue weighted by molar-refractivity contribution is 6.05. The molecule has 2 aliphatic rings. The Morgan fingerprint density at radius 2 is 1.56 bits per heavy atom. The molecule has 2 unspecified atom stereocenters. The smallest absolute Gasteiger partial charge is 0.313 e. The highest BCUT2D eigenvalue weighted by Gasteiger charge is 2.47. The molecular weight excluding hydrogens is 318 g/mol. The predicted molar refractivity (Wildman–Crippen MR) is 93.1 cm³/mol. The largest absolute Gasteiger partial charge is 0.426 e. The van der Waals surface area contributed by atoms with Crippen LogP contribution in [0.3, 0.4) is 0 Å². The Kier molecular flexibility index (Phi) is 4.93. The van der Waals surface area contributed by atoms with E-state index in [2.05, 4.69) is 0 Å². The van der Waals surface area contributed by atoms with E-state index >= 15 is 0 Å². The average molecular weight is 343 g/mol. The molecule has 25 heavy (non-hydrogen) atoms. The van der Waals surface area contributed by atoms with Gasteiger partial charge in [0, 0.05) is 6.54 Å². The van der Waals surface area contributed by atoms with Crippen molar-refractivity contribution in [3.63, 3.8) is 0 Å². The molecule has 1 saturated heterocycles. The fourth-order valence-electron chi connectivity index (χ4n) is 4.15. The number of nitrogens with zero attached hydrogens (tertiary/aromatic N) is 1. The first-order valence-corrected chi connectivity index (χ1v) is 9.02. The molecule has 5 nitrogen and oxygen atoms in total. The second-order valence-corrected chi connectivity index (χ2v) is 7.28. The van der Waals surface area contributed by atoms with E-state index in [0.29, 0.717) is 5.75 Å². The Labute approximate surface area is 148 Å². The zero-order valence-corrected chi connectivity index (χ0v) is 15.1. The normalized spacial score (nSPS) is 22.9. The van der Waals surface area contributed by atoms with E-state index in [4.69, 9.17) is 4.74 Å². The minimum Gasteiger partial charge on any atom is -0.426 e. The van der Waals surface area contributed by atoms with Crippen molar-refractivity contribution in [3.05, 3.63) is 28.8 Å². The van der Waals surface area contributed by atoms with Gasteiger partial charge in [0.25, 0.3) is 0 Å². The molecule has 2 atom stereocenters. The number of hydrogen-bond donors (Lipinski definition) is 0. The standard InChI is InChI=1S/C20H25NO4/c1-12-10-13(2)18(14(3)11-12)25-17(22)8-9-21-19(23)15-6-4-5-7-16(15)20(21)24/h10-11,15-16H,4-9H2,1-3H3. The molecule has 134 valence electrons. The van der Waals surface area contributed by atoms with Gasteiger partial charge in [-0.25, -0.2) is 0 Å². The number of carbonyl (C=O) groups excluding carboxylic acids is 3. The molecule has 0 bridgehead atoms. The SMILES string of the molecule is Cc1cc(C)c(OC(=O)CCN2C(=O)C3CCCCC3C2=O)c(C)c1. The summed E-state index contributed by atoms with van der Waals surface area (Å²) < 4.78 is 5.49. The Bertz CT molecular complexity index is 677. The van der Waals surface area contributed by atoms with Gasteiger partial charge >= 0.3 is 5.97 Å². The predicted octanol–water partition coefficient (Wildman–Crippen LogP) is 3.08. The van der Waals surface area contributed by atoms with E-state index in [-0.39, 0.29) is 36.6 Å². The monoisotopic (exact) mass is 343 g/mol. The summed E-state index contributed by atoms with van der Waals surface area (Å²) in [4.78, 5) is 38.3. The molecule has 3 rings (SSSR count). The third-order valence-corrected chi connectivity index (χ3v) is 5.29. The molecule has 1 aromatic rings. The quantitative estimate of drug-likeness (QED) is 0.479. The highest BCUT2D eigenvalue weighted by atomic mass is 16.5. The van der Waals surface area contributed by atoms with E-state index in [1.165, 1.54) is 4.90 Å². The average Bonchev–Trinajstić information content (AvgIpc) is 2.81. The summed E-state index contributed by atoms with van der Waals surface area (Å²) >= 11 is 0. The van der Waals surface area contributed by atoms with Gasteiger partial charge in [0.05, 0.1) is 18.3 Å². The molecular formula is C20H25NO4. The van der Waals surface area contributed by atoms with Crippen LogP contribution in [0.15, 0.2) is 12.1 Å². The first kappa shape index (κ1) is 17.6. The van der Waals surface area contributed by atoms with Crippen LogP contribution >= 0.6 is 0 Å². The second-order valence-electron chi connectivity index (χ2n) is 7.28. The van der Waals surface area contributed by atoms with Crippen molar-refractivity contribution >= 4 is 17.8 Å². The lowest BCUT2D eigenvalue weighted by molar-refractivity contribution is -0.141. The Morgan fingerprint density at radius 3 is 2.08 bits per heavy atom. The number of esters is 1. The van der Waals surface area contributed by atoms with E-state index in [0.717, 1.165) is 42.4 Å². The van der Waals surface area contributed by atoms with Gasteiger partial charge in [-0.2, -0.15) is 0 Å².